The number of hydrogen-bond donors (Lipinski definition) is 3. The molecule has 0 radical (unpaired) electrons. The molecule has 1 rings (SSSR count). The molecule has 3 N–H and O–H groups in total. The number of carboxylic acids is 1. The highest BCUT2D eigenvalue weighted by atomic mass is 35.5. The van der Waals surface area contributed by atoms with Gasteiger partial charge in [-0.05, 0) is 0 Å². The molecule has 21 heavy (non-hydrogen) atoms. The van der Waals surface area contributed by atoms with E-state index in [2.05, 4.69) is 10.6 Å². The number of aliphatic carboxylic acids is 1. The van der Waals surface area contributed by atoms with Gasteiger partial charge in [0.2, 0.25) is 5.91 Å². The highest BCUT2D eigenvalue weighted by molar-refractivity contribution is 6.32. The summed E-state index contributed by atoms with van der Waals surface area (Å²) >= 11 is 5.98. The first-order valence-corrected chi connectivity index (χ1v) is 6.42. The number of nitrogens with one attached hydrogen (secondary N) is 2. The maximum Gasteiger partial charge on any atom is 0.328 e. The molecular formula is C13H17ClN2O5. The predicted molar refractivity (Wildman–Crippen MR) is 78.3 cm³/mol. The number of halogens is 1. The van der Waals surface area contributed by atoms with Crippen LogP contribution in [0.4, 0.5) is 5.69 Å². The van der Waals surface area contributed by atoms with Gasteiger partial charge < -0.3 is 25.2 Å². The molecule has 0 fully saturated rings. The summed E-state index contributed by atoms with van der Waals surface area (Å²) in [6.07, 6.45) is 0. The second-order valence-electron chi connectivity index (χ2n) is 4.16. The zero-order chi connectivity index (χ0) is 16.0. The molecule has 0 aliphatic rings. The Hall–Kier alpha value is -2.15. The van der Waals surface area contributed by atoms with Crippen molar-refractivity contribution >= 4 is 29.2 Å². The predicted octanol–water partition coefficient (Wildman–Crippen LogP) is 1.36. The Morgan fingerprint density at radius 1 is 1.29 bits per heavy atom. The average Bonchev–Trinajstić information content (AvgIpc) is 2.43. The van der Waals surface area contributed by atoms with E-state index in [1.807, 2.05) is 0 Å². The summed E-state index contributed by atoms with van der Waals surface area (Å²) in [6, 6.07) is 2.08. The Bertz CT molecular complexity index is 536. The Labute approximate surface area is 127 Å². The van der Waals surface area contributed by atoms with E-state index in [9.17, 15) is 9.59 Å². The second-order valence-corrected chi connectivity index (χ2v) is 4.57. The lowest BCUT2D eigenvalue weighted by atomic mass is 10.2. The van der Waals surface area contributed by atoms with Gasteiger partial charge in [-0.3, -0.25) is 4.79 Å². The molecule has 0 heterocycles. The topological polar surface area (TPSA) is 96.9 Å². The lowest BCUT2D eigenvalue weighted by Gasteiger charge is -2.17. The number of benzene rings is 1. The number of methoxy groups -OCH3 is 2. The summed E-state index contributed by atoms with van der Waals surface area (Å²) in [5, 5.41) is 14.6. The van der Waals surface area contributed by atoms with Gasteiger partial charge in [0.25, 0.3) is 0 Å². The molecule has 1 aromatic rings. The monoisotopic (exact) mass is 316 g/mol. The maximum atomic E-state index is 11.1. The molecule has 116 valence electrons. The molecule has 0 spiro atoms. The molecule has 1 unspecified atom stereocenters. The van der Waals surface area contributed by atoms with Crippen molar-refractivity contribution in [2.45, 2.75) is 13.0 Å². The fraction of sp³-hybridized carbons (Fsp3) is 0.385. The van der Waals surface area contributed by atoms with Gasteiger partial charge >= 0.3 is 5.97 Å². The van der Waals surface area contributed by atoms with Crippen LogP contribution in [0.3, 0.4) is 0 Å². The van der Waals surface area contributed by atoms with Crippen LogP contribution in [0.15, 0.2) is 12.1 Å². The van der Waals surface area contributed by atoms with Crippen molar-refractivity contribution in [1.29, 1.82) is 0 Å². The van der Waals surface area contributed by atoms with Crippen LogP contribution in [0.2, 0.25) is 5.02 Å². The minimum Gasteiger partial charge on any atom is -0.495 e. The lowest BCUT2D eigenvalue weighted by molar-refractivity contribution is -0.141. The van der Waals surface area contributed by atoms with E-state index < -0.39 is 17.9 Å². The standard InChI is InChI=1S/C13H17ClN2O5/c1-7(17)16-10(13(18)19)6-15-9-5-11(20-2)8(14)4-12(9)21-3/h4-5,10,15H,6H2,1-3H3,(H,16,17)(H,18,19). The van der Waals surface area contributed by atoms with Gasteiger partial charge in [-0.1, -0.05) is 11.6 Å². The number of carbonyl (C=O) groups excluding carboxylic acids is 1. The quantitative estimate of drug-likeness (QED) is 0.703. The molecule has 1 amide bonds. The lowest BCUT2D eigenvalue weighted by Crippen LogP contribution is -2.44. The van der Waals surface area contributed by atoms with E-state index in [0.29, 0.717) is 22.2 Å². The van der Waals surface area contributed by atoms with E-state index in [1.165, 1.54) is 21.1 Å². The van der Waals surface area contributed by atoms with E-state index in [0.717, 1.165) is 0 Å². The van der Waals surface area contributed by atoms with Crippen molar-refractivity contribution in [2.24, 2.45) is 0 Å². The molecular weight excluding hydrogens is 300 g/mol. The van der Waals surface area contributed by atoms with Crippen LogP contribution in [0.25, 0.3) is 0 Å². The zero-order valence-corrected chi connectivity index (χ0v) is 12.7. The van der Waals surface area contributed by atoms with Crippen molar-refractivity contribution in [1.82, 2.24) is 5.32 Å². The first-order valence-electron chi connectivity index (χ1n) is 6.04. The van der Waals surface area contributed by atoms with Crippen molar-refractivity contribution in [3.05, 3.63) is 17.2 Å². The van der Waals surface area contributed by atoms with Crippen molar-refractivity contribution in [2.75, 3.05) is 26.1 Å². The molecule has 1 atom stereocenters. The second kappa shape index (κ2) is 7.58. The molecule has 7 nitrogen and oxygen atoms in total. The Balaban J connectivity index is 2.90. The van der Waals surface area contributed by atoms with Crippen LogP contribution in [0.1, 0.15) is 6.92 Å². The Morgan fingerprint density at radius 3 is 2.38 bits per heavy atom. The number of carboxylic acid groups (broad SMARTS) is 1. The molecule has 0 aliphatic carbocycles. The SMILES string of the molecule is COc1cc(NCC(NC(C)=O)C(=O)O)c(OC)cc1Cl. The van der Waals surface area contributed by atoms with E-state index in [-0.39, 0.29) is 6.54 Å². The largest absolute Gasteiger partial charge is 0.495 e. The summed E-state index contributed by atoms with van der Waals surface area (Å²) in [7, 11) is 2.93. The van der Waals surface area contributed by atoms with Crippen molar-refractivity contribution < 1.29 is 24.2 Å². The third-order valence-electron chi connectivity index (χ3n) is 2.65. The van der Waals surface area contributed by atoms with Crippen LogP contribution in [-0.4, -0.2) is 43.8 Å². The number of anilines is 1. The van der Waals surface area contributed by atoms with Gasteiger partial charge in [0.1, 0.15) is 17.5 Å². The summed E-state index contributed by atoms with van der Waals surface area (Å²) in [5.41, 5.74) is 0.510. The van der Waals surface area contributed by atoms with Gasteiger partial charge in [0.05, 0.1) is 24.9 Å². The van der Waals surface area contributed by atoms with Crippen LogP contribution < -0.4 is 20.1 Å². The maximum absolute atomic E-state index is 11.1. The van der Waals surface area contributed by atoms with Crippen molar-refractivity contribution in [3.8, 4) is 11.5 Å². The average molecular weight is 317 g/mol. The number of carbonyl (C=O) groups is 2. The highest BCUT2D eigenvalue weighted by Gasteiger charge is 2.19. The zero-order valence-electron chi connectivity index (χ0n) is 11.9. The number of rotatable bonds is 7. The van der Waals surface area contributed by atoms with Gasteiger partial charge in [-0.25, -0.2) is 4.79 Å². The van der Waals surface area contributed by atoms with E-state index in [4.69, 9.17) is 26.2 Å². The van der Waals surface area contributed by atoms with Crippen LogP contribution >= 0.6 is 11.6 Å². The first-order chi connectivity index (χ1) is 9.88. The fourth-order valence-corrected chi connectivity index (χ4v) is 1.89. The van der Waals surface area contributed by atoms with Gasteiger partial charge in [-0.15, -0.1) is 0 Å². The fourth-order valence-electron chi connectivity index (χ4n) is 1.66. The van der Waals surface area contributed by atoms with Gasteiger partial charge in [0, 0.05) is 25.6 Å². The van der Waals surface area contributed by atoms with E-state index in [1.54, 1.807) is 12.1 Å². The number of amides is 1. The minimum atomic E-state index is -1.14. The normalized spacial score (nSPS) is 11.4. The summed E-state index contributed by atoms with van der Waals surface area (Å²) in [5.74, 6) is -0.707. The molecule has 8 heteroatoms. The third kappa shape index (κ3) is 4.71. The summed E-state index contributed by atoms with van der Waals surface area (Å²) < 4.78 is 10.3. The molecule has 0 saturated heterocycles. The third-order valence-corrected chi connectivity index (χ3v) is 2.94. The van der Waals surface area contributed by atoms with Crippen LogP contribution in [0, 0.1) is 0 Å². The van der Waals surface area contributed by atoms with Crippen LogP contribution in [-0.2, 0) is 9.59 Å². The Kier molecular flexibility index (Phi) is 6.10. The van der Waals surface area contributed by atoms with Crippen molar-refractivity contribution in [3.63, 3.8) is 0 Å². The Morgan fingerprint density at radius 2 is 1.90 bits per heavy atom. The number of hydrogen-bond acceptors (Lipinski definition) is 5. The summed E-state index contributed by atoms with van der Waals surface area (Å²) in [6.45, 7) is 1.23. The molecule has 0 saturated carbocycles. The molecule has 0 aliphatic heterocycles. The minimum absolute atomic E-state index is 0.0178. The van der Waals surface area contributed by atoms with Crippen LogP contribution in [0.5, 0.6) is 11.5 Å². The van der Waals surface area contributed by atoms with E-state index >= 15 is 0 Å². The van der Waals surface area contributed by atoms with Gasteiger partial charge in [0.15, 0.2) is 0 Å². The first kappa shape index (κ1) is 16.9. The molecule has 0 aromatic heterocycles. The van der Waals surface area contributed by atoms with Gasteiger partial charge in [-0.2, -0.15) is 0 Å². The molecule has 1 aromatic carbocycles. The molecule has 0 bridgehead atoms. The summed E-state index contributed by atoms with van der Waals surface area (Å²) in [4.78, 5) is 22.0. The number of ether oxygens (including phenoxy) is 2. The smallest absolute Gasteiger partial charge is 0.328 e. The highest BCUT2D eigenvalue weighted by Crippen LogP contribution is 2.35.